The van der Waals surface area contributed by atoms with E-state index >= 15 is 0 Å². The molecule has 1 N–H and O–H groups in total. The van der Waals surface area contributed by atoms with Crippen molar-refractivity contribution in [2.45, 2.75) is 26.7 Å². The molecule has 5 heteroatoms. The lowest BCUT2D eigenvalue weighted by Crippen LogP contribution is -2.15. The van der Waals surface area contributed by atoms with Crippen LogP contribution in [-0.4, -0.2) is 10.9 Å². The van der Waals surface area contributed by atoms with Gasteiger partial charge in [-0.25, -0.2) is 4.98 Å². The largest absolute Gasteiger partial charge is 0.440 e. The standard InChI is InChI=1S/C18H18N2O2S/c1-3-13-6-4-7-14(10-13)19-17(21)11-15-12(2)22-18(20-15)16-8-5-9-23-16/h4-10H,3,11H2,1-2H3,(H,19,21). The highest BCUT2D eigenvalue weighted by atomic mass is 32.1. The smallest absolute Gasteiger partial charge is 0.236 e. The van der Waals surface area contributed by atoms with E-state index in [1.54, 1.807) is 11.3 Å². The zero-order valence-corrected chi connectivity index (χ0v) is 13.9. The first-order valence-corrected chi connectivity index (χ1v) is 8.42. The Morgan fingerprint density at radius 2 is 2.17 bits per heavy atom. The first-order valence-electron chi connectivity index (χ1n) is 7.54. The molecule has 0 fully saturated rings. The van der Waals surface area contributed by atoms with Crippen molar-refractivity contribution in [1.82, 2.24) is 4.98 Å². The SMILES string of the molecule is CCc1cccc(NC(=O)Cc2nc(-c3cccs3)oc2C)c1. The van der Waals surface area contributed by atoms with E-state index in [1.165, 1.54) is 5.56 Å². The van der Waals surface area contributed by atoms with Gasteiger partial charge in [0.2, 0.25) is 11.8 Å². The summed E-state index contributed by atoms with van der Waals surface area (Å²) >= 11 is 1.57. The number of nitrogens with zero attached hydrogens (tertiary/aromatic N) is 1. The van der Waals surface area contributed by atoms with E-state index in [2.05, 4.69) is 17.2 Å². The molecular formula is C18H18N2O2S. The summed E-state index contributed by atoms with van der Waals surface area (Å²) in [7, 11) is 0. The van der Waals surface area contributed by atoms with Crippen molar-refractivity contribution in [2.24, 2.45) is 0 Å². The molecule has 0 bridgehead atoms. The van der Waals surface area contributed by atoms with E-state index in [4.69, 9.17) is 4.42 Å². The maximum atomic E-state index is 12.2. The van der Waals surface area contributed by atoms with E-state index in [0.29, 0.717) is 17.3 Å². The molecule has 0 aliphatic rings. The number of rotatable bonds is 5. The Balaban J connectivity index is 1.70. The van der Waals surface area contributed by atoms with Gasteiger partial charge in [-0.05, 0) is 42.5 Å². The van der Waals surface area contributed by atoms with Gasteiger partial charge in [-0.2, -0.15) is 0 Å². The number of oxazole rings is 1. The van der Waals surface area contributed by atoms with E-state index in [1.807, 2.05) is 48.7 Å². The van der Waals surface area contributed by atoms with Crippen LogP contribution in [0.5, 0.6) is 0 Å². The van der Waals surface area contributed by atoms with Gasteiger partial charge in [-0.15, -0.1) is 11.3 Å². The highest BCUT2D eigenvalue weighted by molar-refractivity contribution is 7.13. The molecule has 2 heterocycles. The van der Waals surface area contributed by atoms with E-state index < -0.39 is 0 Å². The molecule has 1 amide bonds. The van der Waals surface area contributed by atoms with Gasteiger partial charge >= 0.3 is 0 Å². The monoisotopic (exact) mass is 326 g/mol. The Hall–Kier alpha value is -2.40. The number of hydrogen-bond acceptors (Lipinski definition) is 4. The summed E-state index contributed by atoms with van der Waals surface area (Å²) < 4.78 is 5.67. The average Bonchev–Trinajstić information content (AvgIpc) is 3.18. The van der Waals surface area contributed by atoms with Crippen LogP contribution < -0.4 is 5.32 Å². The zero-order valence-electron chi connectivity index (χ0n) is 13.1. The van der Waals surface area contributed by atoms with Crippen LogP contribution in [0.4, 0.5) is 5.69 Å². The van der Waals surface area contributed by atoms with Crippen LogP contribution >= 0.6 is 11.3 Å². The molecule has 2 aromatic heterocycles. The van der Waals surface area contributed by atoms with Crippen molar-refractivity contribution >= 4 is 22.9 Å². The van der Waals surface area contributed by atoms with Gasteiger partial charge in [-0.1, -0.05) is 25.1 Å². The van der Waals surface area contributed by atoms with Crippen LogP contribution in [0.1, 0.15) is 23.9 Å². The summed E-state index contributed by atoms with van der Waals surface area (Å²) in [5.41, 5.74) is 2.69. The number of anilines is 1. The number of carbonyl (C=O) groups excluding carboxylic acids is 1. The highest BCUT2D eigenvalue weighted by Gasteiger charge is 2.15. The normalized spacial score (nSPS) is 10.7. The second kappa shape index (κ2) is 6.79. The van der Waals surface area contributed by atoms with Crippen LogP contribution in [0.2, 0.25) is 0 Å². The number of aryl methyl sites for hydroxylation is 2. The summed E-state index contributed by atoms with van der Waals surface area (Å²) in [6.07, 6.45) is 1.15. The number of amides is 1. The number of benzene rings is 1. The molecule has 0 unspecified atom stereocenters. The Kier molecular flexibility index (Phi) is 4.57. The van der Waals surface area contributed by atoms with E-state index in [0.717, 1.165) is 17.0 Å². The fourth-order valence-corrected chi connectivity index (χ4v) is 2.97. The minimum atomic E-state index is -0.0904. The third-order valence-electron chi connectivity index (χ3n) is 3.57. The van der Waals surface area contributed by atoms with Gasteiger partial charge in [-0.3, -0.25) is 4.79 Å². The summed E-state index contributed by atoms with van der Waals surface area (Å²) in [6.45, 7) is 3.93. The van der Waals surface area contributed by atoms with Crippen molar-refractivity contribution in [3.63, 3.8) is 0 Å². The predicted octanol–water partition coefficient (Wildman–Crippen LogP) is 4.46. The summed E-state index contributed by atoms with van der Waals surface area (Å²) in [5, 5.41) is 4.89. The molecule has 0 radical (unpaired) electrons. The third kappa shape index (κ3) is 3.68. The number of thiophene rings is 1. The van der Waals surface area contributed by atoms with Crippen molar-refractivity contribution in [3.05, 3.63) is 58.8 Å². The predicted molar refractivity (Wildman–Crippen MR) is 92.7 cm³/mol. The van der Waals surface area contributed by atoms with Crippen LogP contribution in [-0.2, 0) is 17.6 Å². The van der Waals surface area contributed by atoms with Gasteiger partial charge in [0, 0.05) is 5.69 Å². The van der Waals surface area contributed by atoms with E-state index in [9.17, 15) is 4.79 Å². The molecule has 3 aromatic rings. The first-order chi connectivity index (χ1) is 11.2. The lowest BCUT2D eigenvalue weighted by Gasteiger charge is -2.05. The van der Waals surface area contributed by atoms with Crippen LogP contribution in [0.15, 0.2) is 46.2 Å². The summed E-state index contributed by atoms with van der Waals surface area (Å²) in [5.74, 6) is 1.17. The Bertz CT molecular complexity index is 806. The van der Waals surface area contributed by atoms with Crippen molar-refractivity contribution < 1.29 is 9.21 Å². The molecule has 0 spiro atoms. The quantitative estimate of drug-likeness (QED) is 0.753. The minimum absolute atomic E-state index is 0.0904. The Morgan fingerprint density at radius 1 is 1.30 bits per heavy atom. The lowest BCUT2D eigenvalue weighted by atomic mass is 10.1. The van der Waals surface area contributed by atoms with Crippen molar-refractivity contribution in [3.8, 4) is 10.8 Å². The van der Waals surface area contributed by atoms with Crippen LogP contribution in [0.3, 0.4) is 0 Å². The molecule has 3 rings (SSSR count). The maximum Gasteiger partial charge on any atom is 0.236 e. The Labute approximate surface area is 139 Å². The van der Waals surface area contributed by atoms with Crippen molar-refractivity contribution in [2.75, 3.05) is 5.32 Å². The van der Waals surface area contributed by atoms with E-state index in [-0.39, 0.29) is 12.3 Å². The molecule has 1 aromatic carbocycles. The molecule has 0 saturated heterocycles. The zero-order chi connectivity index (χ0) is 16.2. The average molecular weight is 326 g/mol. The highest BCUT2D eigenvalue weighted by Crippen LogP contribution is 2.26. The second-order valence-corrected chi connectivity index (χ2v) is 6.23. The van der Waals surface area contributed by atoms with Gasteiger partial charge in [0.05, 0.1) is 17.0 Å². The Morgan fingerprint density at radius 3 is 2.91 bits per heavy atom. The first kappa shape index (κ1) is 15.5. The molecule has 0 aliphatic heterocycles. The molecular weight excluding hydrogens is 308 g/mol. The van der Waals surface area contributed by atoms with Gasteiger partial charge in [0.15, 0.2) is 0 Å². The summed E-state index contributed by atoms with van der Waals surface area (Å²) in [6, 6.07) is 11.8. The van der Waals surface area contributed by atoms with Gasteiger partial charge < -0.3 is 9.73 Å². The van der Waals surface area contributed by atoms with Crippen molar-refractivity contribution in [1.29, 1.82) is 0 Å². The van der Waals surface area contributed by atoms with Crippen LogP contribution in [0.25, 0.3) is 10.8 Å². The summed E-state index contributed by atoms with van der Waals surface area (Å²) in [4.78, 5) is 17.7. The minimum Gasteiger partial charge on any atom is -0.440 e. The fourth-order valence-electron chi connectivity index (χ4n) is 2.32. The van der Waals surface area contributed by atoms with Crippen LogP contribution in [0, 0.1) is 6.92 Å². The molecule has 23 heavy (non-hydrogen) atoms. The molecule has 118 valence electrons. The lowest BCUT2D eigenvalue weighted by molar-refractivity contribution is -0.115. The number of aromatic nitrogens is 1. The van der Waals surface area contributed by atoms with Gasteiger partial charge in [0.1, 0.15) is 5.76 Å². The number of nitrogens with one attached hydrogen (secondary N) is 1. The number of hydrogen-bond donors (Lipinski definition) is 1. The molecule has 4 nitrogen and oxygen atoms in total. The molecule has 0 atom stereocenters. The molecule has 0 saturated carbocycles. The fraction of sp³-hybridized carbons (Fsp3) is 0.222. The third-order valence-corrected chi connectivity index (χ3v) is 4.43. The second-order valence-electron chi connectivity index (χ2n) is 5.28. The van der Waals surface area contributed by atoms with Gasteiger partial charge in [0.25, 0.3) is 0 Å². The molecule has 0 aliphatic carbocycles. The topological polar surface area (TPSA) is 55.1 Å². The maximum absolute atomic E-state index is 12.2. The number of carbonyl (C=O) groups is 1.